The second-order valence-electron chi connectivity index (χ2n) is 5.25. The minimum atomic E-state index is -0.877. The average molecular weight is 251 g/mol. The summed E-state index contributed by atoms with van der Waals surface area (Å²) < 4.78 is 5.56. The number of hydrogen-bond donors (Lipinski definition) is 3. The summed E-state index contributed by atoms with van der Waals surface area (Å²) in [7, 11) is 0. The van der Waals surface area contributed by atoms with Gasteiger partial charge in [-0.05, 0) is 37.5 Å². The molecule has 0 amide bonds. The monoisotopic (exact) mass is 251 g/mol. The third kappa shape index (κ3) is 4.29. The fourth-order valence-corrected chi connectivity index (χ4v) is 1.68. The topological polar surface area (TPSA) is 61.7 Å². The zero-order valence-electron chi connectivity index (χ0n) is 10.7. The summed E-state index contributed by atoms with van der Waals surface area (Å²) in [6.07, 6.45) is 2.41. The van der Waals surface area contributed by atoms with Crippen LogP contribution < -0.4 is 10.1 Å². The molecule has 0 spiro atoms. The Morgan fingerprint density at radius 3 is 2.89 bits per heavy atom. The van der Waals surface area contributed by atoms with Crippen LogP contribution >= 0.6 is 0 Å². The summed E-state index contributed by atoms with van der Waals surface area (Å²) in [5, 5.41) is 22.5. The Kier molecular flexibility index (Phi) is 4.22. The molecule has 4 nitrogen and oxygen atoms in total. The van der Waals surface area contributed by atoms with Gasteiger partial charge in [-0.2, -0.15) is 0 Å². The normalized spacial score (nSPS) is 18.4. The molecule has 1 aliphatic carbocycles. The van der Waals surface area contributed by atoms with Gasteiger partial charge in [-0.3, -0.25) is 0 Å². The lowest BCUT2D eigenvalue weighted by molar-refractivity contribution is 0.0120. The molecule has 3 N–H and O–H groups in total. The van der Waals surface area contributed by atoms with Gasteiger partial charge in [-0.25, -0.2) is 0 Å². The van der Waals surface area contributed by atoms with Crippen molar-refractivity contribution in [3.63, 3.8) is 0 Å². The van der Waals surface area contributed by atoms with E-state index in [1.807, 2.05) is 18.2 Å². The van der Waals surface area contributed by atoms with Crippen LogP contribution in [0.2, 0.25) is 0 Å². The predicted molar refractivity (Wildman–Crippen MR) is 69.5 cm³/mol. The number of aliphatic hydroxyl groups is 2. The lowest BCUT2D eigenvalue weighted by Gasteiger charge is -2.24. The van der Waals surface area contributed by atoms with Crippen LogP contribution in [0.5, 0.6) is 5.75 Å². The molecule has 4 heteroatoms. The van der Waals surface area contributed by atoms with Crippen LogP contribution in [0.25, 0.3) is 0 Å². The Balaban J connectivity index is 1.80. The smallest absolute Gasteiger partial charge is 0.119 e. The van der Waals surface area contributed by atoms with Gasteiger partial charge in [0.2, 0.25) is 0 Å². The minimum Gasteiger partial charge on any atom is -0.491 e. The first-order valence-corrected chi connectivity index (χ1v) is 6.37. The Bertz CT molecular complexity index is 388. The highest BCUT2D eigenvalue weighted by Crippen LogP contribution is 2.20. The van der Waals surface area contributed by atoms with Gasteiger partial charge in [-0.15, -0.1) is 0 Å². The number of ether oxygens (including phenoxy) is 1. The third-order valence-electron chi connectivity index (χ3n) is 2.98. The quantitative estimate of drug-likeness (QED) is 0.678. The Morgan fingerprint density at radius 2 is 2.22 bits per heavy atom. The van der Waals surface area contributed by atoms with E-state index < -0.39 is 5.60 Å². The fourth-order valence-electron chi connectivity index (χ4n) is 1.68. The van der Waals surface area contributed by atoms with E-state index in [9.17, 15) is 5.11 Å². The van der Waals surface area contributed by atoms with E-state index in [1.165, 1.54) is 12.8 Å². The third-order valence-corrected chi connectivity index (χ3v) is 2.98. The van der Waals surface area contributed by atoms with Crippen molar-refractivity contribution < 1.29 is 14.9 Å². The lowest BCUT2D eigenvalue weighted by atomic mass is 10.1. The molecular weight excluding hydrogens is 230 g/mol. The number of aliphatic hydroxyl groups excluding tert-OH is 1. The molecule has 1 aromatic carbocycles. The summed E-state index contributed by atoms with van der Waals surface area (Å²) in [6.45, 7) is 2.54. The molecule has 1 saturated carbocycles. The first kappa shape index (κ1) is 13.3. The maximum Gasteiger partial charge on any atom is 0.119 e. The lowest BCUT2D eigenvalue weighted by Crippen LogP contribution is -2.43. The molecule has 0 aromatic heterocycles. The molecule has 1 aliphatic rings. The van der Waals surface area contributed by atoms with Gasteiger partial charge < -0.3 is 20.3 Å². The highest BCUT2D eigenvalue weighted by Gasteiger charge is 2.27. The van der Waals surface area contributed by atoms with Crippen LogP contribution in [-0.4, -0.2) is 35.0 Å². The van der Waals surface area contributed by atoms with Gasteiger partial charge in [0.1, 0.15) is 18.0 Å². The summed E-state index contributed by atoms with van der Waals surface area (Å²) in [5.74, 6) is 0.674. The van der Waals surface area contributed by atoms with Crippen molar-refractivity contribution in [3.05, 3.63) is 29.8 Å². The number of benzene rings is 1. The van der Waals surface area contributed by atoms with Crippen LogP contribution in [0.4, 0.5) is 0 Å². The van der Waals surface area contributed by atoms with E-state index in [0.717, 1.165) is 5.56 Å². The molecule has 100 valence electrons. The molecular formula is C14H21NO3. The van der Waals surface area contributed by atoms with E-state index in [4.69, 9.17) is 9.84 Å². The zero-order chi connectivity index (χ0) is 13.0. The van der Waals surface area contributed by atoms with Gasteiger partial charge in [0, 0.05) is 12.6 Å². The molecule has 1 fully saturated rings. The molecule has 0 aliphatic heterocycles. The maximum atomic E-state index is 10.1. The predicted octanol–water partition coefficient (Wildman–Crippen LogP) is 1.06. The molecule has 18 heavy (non-hydrogen) atoms. The van der Waals surface area contributed by atoms with Gasteiger partial charge in [0.25, 0.3) is 0 Å². The maximum absolute atomic E-state index is 10.1. The highest BCUT2D eigenvalue weighted by atomic mass is 16.5. The summed E-state index contributed by atoms with van der Waals surface area (Å²) in [5.41, 5.74) is -0.0686. The first-order chi connectivity index (χ1) is 8.59. The molecule has 1 aromatic rings. The first-order valence-electron chi connectivity index (χ1n) is 6.37. The second-order valence-corrected chi connectivity index (χ2v) is 5.25. The Labute approximate surface area is 108 Å². The van der Waals surface area contributed by atoms with Crippen LogP contribution in [0.1, 0.15) is 25.3 Å². The Morgan fingerprint density at radius 1 is 1.44 bits per heavy atom. The van der Waals surface area contributed by atoms with E-state index in [2.05, 4.69) is 5.32 Å². The van der Waals surface area contributed by atoms with Crippen LogP contribution in [0.15, 0.2) is 24.3 Å². The average Bonchev–Trinajstić information content (AvgIpc) is 3.19. The van der Waals surface area contributed by atoms with Crippen molar-refractivity contribution in [2.24, 2.45) is 0 Å². The van der Waals surface area contributed by atoms with Crippen molar-refractivity contribution in [2.45, 2.75) is 38.0 Å². The summed E-state index contributed by atoms with van der Waals surface area (Å²) >= 11 is 0. The van der Waals surface area contributed by atoms with Gasteiger partial charge in [0.15, 0.2) is 0 Å². The van der Waals surface area contributed by atoms with Crippen LogP contribution in [0, 0.1) is 0 Å². The van der Waals surface area contributed by atoms with Crippen LogP contribution in [0.3, 0.4) is 0 Å². The van der Waals surface area contributed by atoms with Gasteiger partial charge in [-0.1, -0.05) is 12.1 Å². The van der Waals surface area contributed by atoms with E-state index in [0.29, 0.717) is 18.3 Å². The standard InChI is InChI=1S/C14H21NO3/c1-14(17,9-15-12-5-6-12)10-18-13-4-2-3-11(7-13)8-16/h2-4,7,12,15-17H,5-6,8-10H2,1H3. The zero-order valence-corrected chi connectivity index (χ0v) is 10.7. The van der Waals surface area contributed by atoms with Crippen molar-refractivity contribution in [3.8, 4) is 5.75 Å². The highest BCUT2D eigenvalue weighted by molar-refractivity contribution is 5.28. The number of rotatable bonds is 7. The van der Waals surface area contributed by atoms with Crippen molar-refractivity contribution in [1.82, 2.24) is 5.32 Å². The molecule has 0 radical (unpaired) electrons. The largest absolute Gasteiger partial charge is 0.491 e. The Hall–Kier alpha value is -1.10. The molecule has 0 saturated heterocycles. The van der Waals surface area contributed by atoms with Crippen molar-refractivity contribution in [1.29, 1.82) is 0 Å². The summed E-state index contributed by atoms with van der Waals surface area (Å²) in [4.78, 5) is 0. The van der Waals surface area contributed by atoms with Gasteiger partial charge >= 0.3 is 0 Å². The molecule has 1 atom stereocenters. The number of nitrogens with one attached hydrogen (secondary N) is 1. The minimum absolute atomic E-state index is 0.00315. The second kappa shape index (κ2) is 5.69. The van der Waals surface area contributed by atoms with E-state index in [1.54, 1.807) is 13.0 Å². The van der Waals surface area contributed by atoms with Crippen LogP contribution in [-0.2, 0) is 6.61 Å². The molecule has 2 rings (SSSR count). The van der Waals surface area contributed by atoms with Crippen molar-refractivity contribution >= 4 is 0 Å². The molecule has 1 unspecified atom stereocenters. The van der Waals surface area contributed by atoms with E-state index >= 15 is 0 Å². The number of hydrogen-bond acceptors (Lipinski definition) is 4. The fraction of sp³-hybridized carbons (Fsp3) is 0.571. The molecule has 0 bridgehead atoms. The summed E-state index contributed by atoms with van der Waals surface area (Å²) in [6, 6.07) is 7.85. The molecule has 0 heterocycles. The van der Waals surface area contributed by atoms with Crippen molar-refractivity contribution in [2.75, 3.05) is 13.2 Å². The van der Waals surface area contributed by atoms with Gasteiger partial charge in [0.05, 0.1) is 6.61 Å². The van der Waals surface area contributed by atoms with E-state index in [-0.39, 0.29) is 13.2 Å². The SMILES string of the molecule is CC(O)(CNC1CC1)COc1cccc(CO)c1.